The van der Waals surface area contributed by atoms with Crippen molar-refractivity contribution in [2.45, 2.75) is 6.92 Å². The van der Waals surface area contributed by atoms with E-state index in [0.29, 0.717) is 39.8 Å². The molecule has 0 radical (unpaired) electrons. The minimum Gasteiger partial charge on any atom is -0.454 e. The summed E-state index contributed by atoms with van der Waals surface area (Å²) < 4.78 is 15.5. The molecule has 0 saturated heterocycles. The van der Waals surface area contributed by atoms with E-state index in [1.807, 2.05) is 0 Å². The van der Waals surface area contributed by atoms with Gasteiger partial charge in [-0.1, -0.05) is 6.07 Å². The van der Waals surface area contributed by atoms with Crippen molar-refractivity contribution >= 4 is 29.2 Å². The first-order valence-corrected chi connectivity index (χ1v) is 9.39. The maximum atomic E-state index is 12.5. The molecule has 0 unspecified atom stereocenters. The van der Waals surface area contributed by atoms with Gasteiger partial charge in [-0.3, -0.25) is 14.4 Å². The summed E-state index contributed by atoms with van der Waals surface area (Å²) in [6.07, 6.45) is 0. The number of carbonyl (C=O) groups is 3. The van der Waals surface area contributed by atoms with Crippen LogP contribution in [0.4, 0.5) is 11.4 Å². The Labute approximate surface area is 177 Å². The summed E-state index contributed by atoms with van der Waals surface area (Å²) >= 11 is 0. The SMILES string of the molecule is CC(=O)Oc1cccc(C(=O)Nc2ccc(NC(=O)c3ccc4c(c3)OCO4)cc2)c1. The van der Waals surface area contributed by atoms with E-state index in [9.17, 15) is 14.4 Å². The number of hydrogen-bond donors (Lipinski definition) is 2. The minimum atomic E-state index is -0.462. The van der Waals surface area contributed by atoms with Gasteiger partial charge in [0, 0.05) is 29.4 Å². The third-order valence-corrected chi connectivity index (χ3v) is 4.39. The van der Waals surface area contributed by atoms with Crippen molar-refractivity contribution in [1.82, 2.24) is 0 Å². The van der Waals surface area contributed by atoms with E-state index in [1.165, 1.54) is 13.0 Å². The summed E-state index contributed by atoms with van der Waals surface area (Å²) in [5.74, 6) is 0.319. The zero-order chi connectivity index (χ0) is 21.8. The molecule has 3 aromatic rings. The molecule has 1 aliphatic heterocycles. The monoisotopic (exact) mass is 418 g/mol. The van der Waals surface area contributed by atoms with E-state index in [2.05, 4.69) is 10.6 Å². The molecule has 0 saturated carbocycles. The Kier molecular flexibility index (Phi) is 5.53. The van der Waals surface area contributed by atoms with Crippen molar-refractivity contribution in [3.63, 3.8) is 0 Å². The topological polar surface area (TPSA) is 103 Å². The van der Waals surface area contributed by atoms with Gasteiger partial charge in [-0.25, -0.2) is 0 Å². The Morgan fingerprint density at radius 3 is 2.03 bits per heavy atom. The van der Waals surface area contributed by atoms with E-state index < -0.39 is 5.97 Å². The average Bonchev–Trinajstić information content (AvgIpc) is 3.22. The number of fused-ring (bicyclic) bond motifs is 1. The molecule has 3 aromatic carbocycles. The van der Waals surface area contributed by atoms with E-state index in [0.717, 1.165) is 0 Å². The molecule has 0 bridgehead atoms. The molecule has 1 heterocycles. The molecule has 156 valence electrons. The Morgan fingerprint density at radius 2 is 1.39 bits per heavy atom. The zero-order valence-corrected chi connectivity index (χ0v) is 16.5. The normalized spacial score (nSPS) is 11.5. The van der Waals surface area contributed by atoms with Crippen molar-refractivity contribution in [2.75, 3.05) is 17.4 Å². The number of carbonyl (C=O) groups excluding carboxylic acids is 3. The molecule has 31 heavy (non-hydrogen) atoms. The van der Waals surface area contributed by atoms with Crippen LogP contribution in [0.2, 0.25) is 0 Å². The van der Waals surface area contributed by atoms with Crippen LogP contribution in [-0.4, -0.2) is 24.6 Å². The van der Waals surface area contributed by atoms with Crippen LogP contribution in [0, 0.1) is 0 Å². The number of amides is 2. The summed E-state index contributed by atoms with van der Waals surface area (Å²) in [6.45, 7) is 1.43. The summed E-state index contributed by atoms with van der Waals surface area (Å²) in [5.41, 5.74) is 1.90. The predicted octanol–water partition coefficient (Wildman–Crippen LogP) is 3.85. The van der Waals surface area contributed by atoms with Crippen molar-refractivity contribution in [2.24, 2.45) is 0 Å². The summed E-state index contributed by atoms with van der Waals surface area (Å²) in [6, 6.07) is 18.0. The van der Waals surface area contributed by atoms with Gasteiger partial charge < -0.3 is 24.8 Å². The van der Waals surface area contributed by atoms with Gasteiger partial charge in [0.1, 0.15) is 5.75 Å². The largest absolute Gasteiger partial charge is 0.454 e. The van der Waals surface area contributed by atoms with Gasteiger partial charge >= 0.3 is 5.97 Å². The second kappa shape index (κ2) is 8.58. The maximum Gasteiger partial charge on any atom is 0.308 e. The lowest BCUT2D eigenvalue weighted by molar-refractivity contribution is -0.131. The van der Waals surface area contributed by atoms with E-state index in [-0.39, 0.29) is 18.6 Å². The molecule has 2 amide bonds. The smallest absolute Gasteiger partial charge is 0.308 e. The Hall–Kier alpha value is -4.33. The minimum absolute atomic E-state index is 0.141. The third kappa shape index (κ3) is 4.81. The van der Waals surface area contributed by atoms with E-state index in [4.69, 9.17) is 14.2 Å². The lowest BCUT2D eigenvalue weighted by Crippen LogP contribution is -2.13. The van der Waals surface area contributed by atoms with Crippen LogP contribution in [0.3, 0.4) is 0 Å². The second-order valence-electron chi connectivity index (χ2n) is 6.68. The molecule has 0 spiro atoms. The predicted molar refractivity (Wildman–Crippen MR) is 113 cm³/mol. The molecule has 8 heteroatoms. The fourth-order valence-corrected chi connectivity index (χ4v) is 2.95. The molecular formula is C23H18N2O6. The molecule has 8 nitrogen and oxygen atoms in total. The third-order valence-electron chi connectivity index (χ3n) is 4.39. The highest BCUT2D eigenvalue weighted by atomic mass is 16.7. The molecule has 1 aliphatic rings. The fraction of sp³-hybridized carbons (Fsp3) is 0.0870. The Morgan fingerprint density at radius 1 is 0.774 bits per heavy atom. The van der Waals surface area contributed by atoms with Gasteiger partial charge in [0.05, 0.1) is 0 Å². The number of esters is 1. The number of rotatable bonds is 5. The molecule has 0 atom stereocenters. The van der Waals surface area contributed by atoms with Crippen molar-refractivity contribution in [3.8, 4) is 17.2 Å². The van der Waals surface area contributed by atoms with Crippen LogP contribution < -0.4 is 24.8 Å². The van der Waals surface area contributed by atoms with Crippen LogP contribution in [0.25, 0.3) is 0 Å². The van der Waals surface area contributed by atoms with Crippen molar-refractivity contribution < 1.29 is 28.6 Å². The zero-order valence-electron chi connectivity index (χ0n) is 16.5. The van der Waals surface area contributed by atoms with Gasteiger partial charge in [-0.2, -0.15) is 0 Å². The van der Waals surface area contributed by atoms with Crippen LogP contribution in [0.15, 0.2) is 66.7 Å². The van der Waals surface area contributed by atoms with Crippen LogP contribution >= 0.6 is 0 Å². The van der Waals surface area contributed by atoms with E-state index in [1.54, 1.807) is 60.7 Å². The number of hydrogen-bond acceptors (Lipinski definition) is 6. The quantitative estimate of drug-likeness (QED) is 0.482. The summed E-state index contributed by atoms with van der Waals surface area (Å²) in [5, 5.41) is 5.55. The number of ether oxygens (including phenoxy) is 3. The van der Waals surface area contributed by atoms with Crippen molar-refractivity contribution in [1.29, 1.82) is 0 Å². The summed E-state index contributed by atoms with van der Waals surface area (Å²) in [4.78, 5) is 36.0. The van der Waals surface area contributed by atoms with Gasteiger partial charge in [-0.15, -0.1) is 0 Å². The highest BCUT2D eigenvalue weighted by Crippen LogP contribution is 2.32. The lowest BCUT2D eigenvalue weighted by atomic mass is 10.1. The first-order valence-electron chi connectivity index (χ1n) is 9.39. The molecule has 0 aliphatic carbocycles. The molecule has 2 N–H and O–H groups in total. The van der Waals surface area contributed by atoms with Gasteiger partial charge in [0.2, 0.25) is 6.79 Å². The van der Waals surface area contributed by atoms with E-state index >= 15 is 0 Å². The standard InChI is InChI=1S/C23H18N2O6/c1-14(26)31-19-4-2-3-15(11-19)22(27)24-17-6-8-18(9-7-17)25-23(28)16-5-10-20-21(12-16)30-13-29-20/h2-12H,13H2,1H3,(H,24,27)(H,25,28). The van der Waals surface area contributed by atoms with Crippen molar-refractivity contribution in [3.05, 3.63) is 77.9 Å². The summed E-state index contributed by atoms with van der Waals surface area (Å²) in [7, 11) is 0. The maximum absolute atomic E-state index is 12.5. The van der Waals surface area contributed by atoms with Crippen LogP contribution in [-0.2, 0) is 4.79 Å². The lowest BCUT2D eigenvalue weighted by Gasteiger charge is -2.09. The second-order valence-corrected chi connectivity index (χ2v) is 6.68. The van der Waals surface area contributed by atoms with Gasteiger partial charge in [-0.05, 0) is 60.7 Å². The first kappa shape index (κ1) is 20.0. The number of anilines is 2. The molecule has 4 rings (SSSR count). The fourth-order valence-electron chi connectivity index (χ4n) is 2.95. The van der Waals surface area contributed by atoms with Crippen LogP contribution in [0.5, 0.6) is 17.2 Å². The number of nitrogens with one attached hydrogen (secondary N) is 2. The van der Waals surface area contributed by atoms with Gasteiger partial charge in [0.25, 0.3) is 11.8 Å². The average molecular weight is 418 g/mol. The highest BCUT2D eigenvalue weighted by Gasteiger charge is 2.16. The molecular weight excluding hydrogens is 400 g/mol. The number of benzene rings is 3. The van der Waals surface area contributed by atoms with Gasteiger partial charge in [0.15, 0.2) is 11.5 Å². The Bertz CT molecular complexity index is 1160. The van der Waals surface area contributed by atoms with Crippen LogP contribution in [0.1, 0.15) is 27.6 Å². The Balaban J connectivity index is 1.38. The highest BCUT2D eigenvalue weighted by molar-refractivity contribution is 6.06. The molecule has 0 aromatic heterocycles. The molecule has 0 fully saturated rings. The first-order chi connectivity index (χ1) is 15.0.